The minimum atomic E-state index is -1.30. The number of aliphatic hydroxyl groups excluding tert-OH is 2. The van der Waals surface area contributed by atoms with E-state index in [1.807, 2.05) is 153 Å². The number of carbonyl (C=O) groups excluding carboxylic acids is 9. The molecular weight excluding hydrogens is 1910 g/mol. The molecule has 736 valence electrons. The van der Waals surface area contributed by atoms with Crippen LogP contribution in [0.4, 0.5) is 0 Å². The number of halogens is 3. The van der Waals surface area contributed by atoms with Gasteiger partial charge < -0.3 is 54.0 Å². The van der Waals surface area contributed by atoms with Crippen molar-refractivity contribution < 1.29 is 163 Å². The second-order valence-corrected chi connectivity index (χ2v) is 32.7. The Balaban J connectivity index is 0.000000296. The van der Waals surface area contributed by atoms with Gasteiger partial charge in [0, 0.05) is 59.1 Å². The van der Waals surface area contributed by atoms with Crippen LogP contribution in [0.2, 0.25) is 15.5 Å². The third-order valence-electron chi connectivity index (χ3n) is 21.5. The molecule has 0 aliphatic heterocycles. The molecule has 0 spiro atoms. The summed E-state index contributed by atoms with van der Waals surface area (Å²) in [7, 11) is 2.68. The monoisotopic (exact) mass is 2020 g/mol. The molecule has 8 aromatic heterocycles. The first kappa shape index (κ1) is 119. The normalized spacial score (nSPS) is 10.1. The second kappa shape index (κ2) is 58.5. The van der Waals surface area contributed by atoms with Crippen LogP contribution in [-0.2, 0) is 56.2 Å². The predicted molar refractivity (Wildman–Crippen MR) is 530 cm³/mol. The summed E-state index contributed by atoms with van der Waals surface area (Å²) in [5.74, 6) is -5.79. The van der Waals surface area contributed by atoms with Gasteiger partial charge in [-0.15, -0.1) is 0 Å². The quantitative estimate of drug-likeness (QED) is 0.00713. The number of ether oxygens (including phenoxy) is 5. The number of methoxy groups -OCH3 is 2. The molecule has 13 rings (SSSR count). The fraction of sp³-hybridized carbons (Fsp3) is 0.250. The Morgan fingerprint density at radius 1 is 0.345 bits per heavy atom. The predicted octanol–water partition coefficient (Wildman–Crippen LogP) is 15.5. The number of hydrogen-bond donors (Lipinski definition) is 5. The molecule has 8 heterocycles. The van der Waals surface area contributed by atoms with E-state index in [0.29, 0.717) is 92.5 Å². The molecule has 0 amide bonds. The van der Waals surface area contributed by atoms with Gasteiger partial charge in [-0.2, -0.15) is 0 Å². The number of carboxylic acid groups (broad SMARTS) is 3. The molecule has 0 unspecified atom stereocenters. The van der Waals surface area contributed by atoms with Crippen molar-refractivity contribution in [1.29, 1.82) is 0 Å². The van der Waals surface area contributed by atoms with E-state index in [0.717, 1.165) is 99.3 Å². The van der Waals surface area contributed by atoms with Gasteiger partial charge in [0.25, 0.3) is 0 Å². The zero-order valence-corrected chi connectivity index (χ0v) is 88.0. The maximum atomic E-state index is 13.2. The zero-order valence-electron chi connectivity index (χ0n) is 82.6. The Labute approximate surface area is 881 Å². The first-order chi connectivity index (χ1) is 66.9. The zero-order chi connectivity index (χ0) is 105. The Bertz CT molecular complexity index is 6730. The van der Waals surface area contributed by atoms with E-state index in [2.05, 4.69) is 34.9 Å². The van der Waals surface area contributed by atoms with Gasteiger partial charge in [0.1, 0.15) is 32.5 Å². The number of carboxylic acids is 3. The summed E-state index contributed by atoms with van der Waals surface area (Å²) in [5.41, 5.74) is 20.8. The smallest absolute Gasteiger partial charge is 0.543 e. The molecule has 0 atom stereocenters. The van der Waals surface area contributed by atoms with Crippen molar-refractivity contribution in [3.63, 3.8) is 0 Å². The average Bonchev–Trinajstić information content (AvgIpc) is 0.810. The number of pyridine rings is 8. The fourth-order valence-electron chi connectivity index (χ4n) is 13.8. The summed E-state index contributed by atoms with van der Waals surface area (Å²) in [6.45, 7) is 31.5. The molecule has 0 bridgehead atoms. The standard InChI is InChI=1S/C25H25NO4.C24H23NO4.C18H18ClNO3.C9H10ClNO2.C9H12NO3.C9H11NO2.C7H6ClNO2.C7H7NO2.K/c1-15-8-10-20(25(29)30-4)17(3)21(15)13-23(28)24-16(2)9-11-22(26-24)19-7-5-6-18(12-19)14-27;1-14-7-9-19(24(28)29)16(3)20(14)12-22(27)23-15(2)8-10-21(25-23)18-6-4-5-17(11-18)13-26;1-10-5-7-13(18(22)23-4)12(3)14(10)9-15(21)17-11(2)6-8-16(19)20-17;1-3-13-9(12)8-6(2)4-5-7(10)11-8;1-3-13-9(11)8-7(2)5-4-6-10(8)12;1-3-12-9(11)8-7(2)5-4-6-10-8;1-4-2-3-5(8)9-6(4)7(10)11;1-5-3-2-4-8-6(5)7(9)10;/h5-12,27H,13-14H2,1-4H3;4-11,26H,12-13H2,1-3H3,(H,28,29);5-8H,9H2,1-4H3;4-5H,3H2,1-2H3;4-6,12H,3H2,1-2H3;4-6H,3H2,1-2H3;2-3H,1H3,(H,10,11);2-4H,1H3,(H,9,10);/q;;;;+1;;;;+1/p-1. The summed E-state index contributed by atoms with van der Waals surface area (Å²) < 4.78 is 24.8. The maximum absolute atomic E-state index is 13.2. The number of aryl methyl sites for hydroxylation is 11. The molecular formula is C108H111Cl3KN8O22+. The molecule has 142 heavy (non-hydrogen) atoms. The van der Waals surface area contributed by atoms with E-state index in [1.54, 1.807) is 147 Å². The summed E-state index contributed by atoms with van der Waals surface area (Å²) in [6, 6.07) is 53.1. The number of rotatable bonds is 24. The van der Waals surface area contributed by atoms with Gasteiger partial charge >= 0.3 is 98.9 Å². The van der Waals surface area contributed by atoms with Crippen LogP contribution in [0.3, 0.4) is 0 Å². The van der Waals surface area contributed by atoms with Crippen molar-refractivity contribution >= 4 is 99.9 Å². The number of Topliss-reactive ketones (excluding diaryl/α,β-unsaturated/α-hetero) is 3. The number of esters is 5. The van der Waals surface area contributed by atoms with Crippen LogP contribution < -0.4 is 61.2 Å². The largest absolute Gasteiger partial charge is 1.00 e. The van der Waals surface area contributed by atoms with Crippen LogP contribution in [-0.4, -0.2) is 160 Å². The van der Waals surface area contributed by atoms with Crippen LogP contribution in [0, 0.1) is 96.9 Å². The summed E-state index contributed by atoms with van der Waals surface area (Å²) in [5, 5.41) is 57.0. The van der Waals surface area contributed by atoms with Crippen molar-refractivity contribution in [3.05, 3.63) is 384 Å². The third-order valence-corrected chi connectivity index (χ3v) is 22.2. The SMILES string of the molecule is CCOC(=O)c1c(C)ccc[n+]1O.CCOC(=O)c1nc(Cl)ccc1C.CCOC(=O)c1ncccc1C.COC(=O)c1ccc(C)c(CC(=O)c2nc(-c3cccc(CO)c3)ccc2C)c1C.COC(=O)c1ccc(C)c(CC(=O)c2nc(Cl)ccc2C)c1C.Cc1ccc(-c2cccc(CO)c2)nc1C(=O)Cc1c(C)ccc(C(=O)O)c1C.Cc1ccc(Cl)nc1C(=O)[O-].Cc1cccnc1C(=O)O.[K+]. The van der Waals surface area contributed by atoms with Gasteiger partial charge in [-0.1, -0.05) is 132 Å². The Morgan fingerprint density at radius 2 is 0.669 bits per heavy atom. The van der Waals surface area contributed by atoms with Gasteiger partial charge in [-0.05, 0) is 297 Å². The Hall–Kier alpha value is -13.7. The summed E-state index contributed by atoms with van der Waals surface area (Å²) >= 11 is 17.0. The van der Waals surface area contributed by atoms with Crippen LogP contribution in [0.1, 0.15) is 241 Å². The molecule has 0 aliphatic carbocycles. The van der Waals surface area contributed by atoms with Crippen molar-refractivity contribution in [2.45, 2.75) is 150 Å². The topological polar surface area (TPSA) is 452 Å². The van der Waals surface area contributed by atoms with Crippen LogP contribution >= 0.6 is 34.8 Å². The molecule has 5 aromatic carbocycles. The van der Waals surface area contributed by atoms with Gasteiger partial charge in [-0.3, -0.25) is 19.6 Å². The number of ketones is 3. The van der Waals surface area contributed by atoms with Gasteiger partial charge in [0.05, 0.1) is 87.0 Å². The molecule has 0 fully saturated rings. The molecule has 0 saturated carbocycles. The van der Waals surface area contributed by atoms with Crippen molar-refractivity contribution in [2.75, 3.05) is 34.0 Å². The number of nitrogens with zero attached hydrogens (tertiary/aromatic N) is 8. The number of aromatic carboxylic acids is 3. The third kappa shape index (κ3) is 34.6. The molecule has 0 radical (unpaired) electrons. The Morgan fingerprint density at radius 3 is 1.02 bits per heavy atom. The molecule has 30 nitrogen and oxygen atoms in total. The molecule has 13 aromatic rings. The van der Waals surface area contributed by atoms with Crippen LogP contribution in [0.15, 0.2) is 201 Å². The van der Waals surface area contributed by atoms with E-state index in [1.165, 1.54) is 32.7 Å². The molecule has 0 aliphatic rings. The molecule has 34 heteroatoms. The van der Waals surface area contributed by atoms with E-state index in [4.69, 9.17) is 63.6 Å². The minimum absolute atomic E-state index is 0. The van der Waals surface area contributed by atoms with Crippen LogP contribution in [0.5, 0.6) is 0 Å². The van der Waals surface area contributed by atoms with E-state index in [9.17, 15) is 78.4 Å². The maximum Gasteiger partial charge on any atom is 1.00 e. The Kier molecular flexibility index (Phi) is 48.9. The van der Waals surface area contributed by atoms with Crippen molar-refractivity contribution in [2.24, 2.45) is 0 Å². The van der Waals surface area contributed by atoms with E-state index >= 15 is 0 Å². The molecule has 0 saturated heterocycles. The molecule has 5 N–H and O–H groups in total. The number of aliphatic hydroxyl groups is 2. The first-order valence-corrected chi connectivity index (χ1v) is 45.1. The fourth-order valence-corrected chi connectivity index (χ4v) is 14.2. The van der Waals surface area contributed by atoms with Crippen molar-refractivity contribution in [1.82, 2.24) is 34.9 Å². The number of benzene rings is 5. The van der Waals surface area contributed by atoms with E-state index in [-0.39, 0.29) is 146 Å². The number of aromatic nitrogens is 8. The minimum Gasteiger partial charge on any atom is -0.543 e. The second-order valence-electron chi connectivity index (χ2n) is 31.5. The van der Waals surface area contributed by atoms with Crippen molar-refractivity contribution in [3.8, 4) is 22.5 Å². The first-order valence-electron chi connectivity index (χ1n) is 43.9. The average molecular weight is 2020 g/mol. The summed E-state index contributed by atoms with van der Waals surface area (Å²) in [4.78, 5) is 157. The van der Waals surface area contributed by atoms with Gasteiger partial charge in [-0.25, -0.2) is 68.4 Å². The van der Waals surface area contributed by atoms with Crippen LogP contribution in [0.25, 0.3) is 22.5 Å². The van der Waals surface area contributed by atoms with Gasteiger partial charge in [0.2, 0.25) is 6.20 Å². The number of carbonyl (C=O) groups is 11. The van der Waals surface area contributed by atoms with E-state index < -0.39 is 41.8 Å². The number of hydrogen-bond acceptors (Lipinski definition) is 27. The summed E-state index contributed by atoms with van der Waals surface area (Å²) in [6.07, 6.45) is 4.84. The van der Waals surface area contributed by atoms with Gasteiger partial charge in [0.15, 0.2) is 34.4 Å².